The van der Waals surface area contributed by atoms with E-state index < -0.39 is 0 Å². The second-order valence-corrected chi connectivity index (χ2v) is 4.24. The van der Waals surface area contributed by atoms with Gasteiger partial charge in [0.15, 0.2) is 0 Å². The SMILES string of the molecule is CCC[N+]1(CC)CCCCCC1. The second kappa shape index (κ2) is 4.86. The lowest BCUT2D eigenvalue weighted by Crippen LogP contribution is -2.48. The Morgan fingerprint density at radius 1 is 0.917 bits per heavy atom. The third-order valence-corrected chi connectivity index (χ3v) is 3.38. The van der Waals surface area contributed by atoms with Crippen LogP contribution in [0.4, 0.5) is 0 Å². The van der Waals surface area contributed by atoms with Gasteiger partial charge in [-0.1, -0.05) is 6.92 Å². The van der Waals surface area contributed by atoms with E-state index >= 15 is 0 Å². The minimum Gasteiger partial charge on any atom is -0.324 e. The van der Waals surface area contributed by atoms with E-state index in [1.54, 1.807) is 0 Å². The zero-order valence-corrected chi connectivity index (χ0v) is 8.81. The number of likely N-dealkylation sites (tertiary alicyclic amines) is 1. The highest BCUT2D eigenvalue weighted by Gasteiger charge is 2.24. The van der Waals surface area contributed by atoms with Gasteiger partial charge in [-0.25, -0.2) is 0 Å². The fourth-order valence-electron chi connectivity index (χ4n) is 2.53. The molecular formula is C11H24N+. The van der Waals surface area contributed by atoms with Crippen molar-refractivity contribution in [3.05, 3.63) is 0 Å². The van der Waals surface area contributed by atoms with E-state index in [0.29, 0.717) is 0 Å². The molecule has 1 heteroatoms. The Morgan fingerprint density at radius 3 is 1.92 bits per heavy atom. The minimum atomic E-state index is 1.36. The molecule has 0 amide bonds. The predicted octanol–water partition coefficient (Wildman–Crippen LogP) is 2.81. The van der Waals surface area contributed by atoms with Crippen molar-refractivity contribution in [1.29, 1.82) is 0 Å². The molecular weight excluding hydrogens is 146 g/mol. The number of hydrogen-bond donors (Lipinski definition) is 0. The van der Waals surface area contributed by atoms with Crippen molar-refractivity contribution in [2.75, 3.05) is 26.2 Å². The van der Waals surface area contributed by atoms with Gasteiger partial charge in [0.1, 0.15) is 0 Å². The summed E-state index contributed by atoms with van der Waals surface area (Å²) in [6, 6.07) is 0. The van der Waals surface area contributed by atoms with Crippen LogP contribution in [-0.4, -0.2) is 30.7 Å². The molecule has 0 N–H and O–H groups in total. The number of nitrogens with zero attached hydrogens (tertiary/aromatic N) is 1. The van der Waals surface area contributed by atoms with Crippen molar-refractivity contribution in [1.82, 2.24) is 0 Å². The first-order valence-corrected chi connectivity index (χ1v) is 5.68. The van der Waals surface area contributed by atoms with E-state index in [1.165, 1.54) is 62.8 Å². The van der Waals surface area contributed by atoms with Crippen LogP contribution in [0.5, 0.6) is 0 Å². The summed E-state index contributed by atoms with van der Waals surface area (Å²) < 4.78 is 1.41. The average Bonchev–Trinajstić information content (AvgIpc) is 2.32. The van der Waals surface area contributed by atoms with Gasteiger partial charge in [-0.15, -0.1) is 0 Å². The Morgan fingerprint density at radius 2 is 1.50 bits per heavy atom. The van der Waals surface area contributed by atoms with Crippen molar-refractivity contribution >= 4 is 0 Å². The van der Waals surface area contributed by atoms with Crippen LogP contribution in [-0.2, 0) is 0 Å². The molecule has 1 nitrogen and oxygen atoms in total. The van der Waals surface area contributed by atoms with Crippen molar-refractivity contribution in [3.63, 3.8) is 0 Å². The Bertz CT molecular complexity index is 112. The first-order chi connectivity index (χ1) is 5.83. The number of quaternary nitrogens is 1. The highest BCUT2D eigenvalue weighted by atomic mass is 15.3. The van der Waals surface area contributed by atoms with Crippen molar-refractivity contribution in [2.45, 2.75) is 46.0 Å². The minimum absolute atomic E-state index is 1.36. The van der Waals surface area contributed by atoms with Gasteiger partial charge in [-0.2, -0.15) is 0 Å². The summed E-state index contributed by atoms with van der Waals surface area (Å²) in [5.74, 6) is 0. The molecule has 0 atom stereocenters. The zero-order valence-electron chi connectivity index (χ0n) is 8.81. The van der Waals surface area contributed by atoms with Crippen LogP contribution in [0.2, 0.25) is 0 Å². The van der Waals surface area contributed by atoms with Crippen LogP contribution >= 0.6 is 0 Å². The van der Waals surface area contributed by atoms with E-state index in [9.17, 15) is 0 Å². The molecule has 0 radical (unpaired) electrons. The molecule has 0 aromatic carbocycles. The average molecular weight is 170 g/mol. The smallest absolute Gasteiger partial charge is 0.0786 e. The highest BCUT2D eigenvalue weighted by molar-refractivity contribution is 4.52. The van der Waals surface area contributed by atoms with Gasteiger partial charge in [-0.3, -0.25) is 0 Å². The Labute approximate surface area is 77.4 Å². The quantitative estimate of drug-likeness (QED) is 0.571. The van der Waals surface area contributed by atoms with Crippen molar-refractivity contribution in [3.8, 4) is 0 Å². The lowest BCUT2D eigenvalue weighted by Gasteiger charge is -2.36. The molecule has 0 unspecified atom stereocenters. The third kappa shape index (κ3) is 2.48. The maximum Gasteiger partial charge on any atom is 0.0786 e. The van der Waals surface area contributed by atoms with Crippen molar-refractivity contribution < 1.29 is 4.48 Å². The normalized spacial score (nSPS) is 23.5. The van der Waals surface area contributed by atoms with Gasteiger partial charge in [0.05, 0.1) is 26.2 Å². The Kier molecular flexibility index (Phi) is 4.07. The Hall–Kier alpha value is -0.0400. The van der Waals surface area contributed by atoms with Crippen LogP contribution < -0.4 is 0 Å². The fourth-order valence-corrected chi connectivity index (χ4v) is 2.53. The molecule has 0 aliphatic carbocycles. The van der Waals surface area contributed by atoms with Crippen LogP contribution in [0.25, 0.3) is 0 Å². The lowest BCUT2D eigenvalue weighted by atomic mass is 10.2. The molecule has 1 aliphatic rings. The number of rotatable bonds is 3. The number of hydrogen-bond acceptors (Lipinski definition) is 0. The molecule has 0 bridgehead atoms. The molecule has 1 heterocycles. The molecule has 1 saturated heterocycles. The second-order valence-electron chi connectivity index (χ2n) is 4.24. The monoisotopic (exact) mass is 170 g/mol. The topological polar surface area (TPSA) is 0 Å². The molecule has 1 aliphatic heterocycles. The van der Waals surface area contributed by atoms with Crippen LogP contribution in [0.15, 0.2) is 0 Å². The summed E-state index contributed by atoms with van der Waals surface area (Å²) in [6.45, 7) is 10.3. The standard InChI is InChI=1S/C11H24N/c1-3-9-12(4-2)10-7-5-6-8-11-12/h3-11H2,1-2H3/q+1. The van der Waals surface area contributed by atoms with Gasteiger partial charge < -0.3 is 4.48 Å². The maximum absolute atomic E-state index is 2.36. The molecule has 1 fully saturated rings. The summed E-state index contributed by atoms with van der Waals surface area (Å²) >= 11 is 0. The molecule has 12 heavy (non-hydrogen) atoms. The lowest BCUT2D eigenvalue weighted by molar-refractivity contribution is -0.925. The molecule has 72 valence electrons. The van der Waals surface area contributed by atoms with E-state index in [1.807, 2.05) is 0 Å². The van der Waals surface area contributed by atoms with Gasteiger partial charge in [-0.05, 0) is 39.0 Å². The van der Waals surface area contributed by atoms with E-state index in [0.717, 1.165) is 0 Å². The van der Waals surface area contributed by atoms with Crippen molar-refractivity contribution in [2.24, 2.45) is 0 Å². The summed E-state index contributed by atoms with van der Waals surface area (Å²) in [4.78, 5) is 0. The summed E-state index contributed by atoms with van der Waals surface area (Å²) in [5, 5.41) is 0. The van der Waals surface area contributed by atoms with Gasteiger partial charge in [0.2, 0.25) is 0 Å². The molecule has 0 spiro atoms. The highest BCUT2D eigenvalue weighted by Crippen LogP contribution is 2.18. The summed E-state index contributed by atoms with van der Waals surface area (Å²) in [6.07, 6.45) is 7.24. The predicted molar refractivity (Wildman–Crippen MR) is 54.2 cm³/mol. The van der Waals surface area contributed by atoms with Crippen LogP contribution in [0, 0.1) is 0 Å². The fraction of sp³-hybridized carbons (Fsp3) is 1.00. The van der Waals surface area contributed by atoms with E-state index in [2.05, 4.69) is 13.8 Å². The van der Waals surface area contributed by atoms with Gasteiger partial charge in [0.25, 0.3) is 0 Å². The molecule has 0 saturated carbocycles. The molecule has 0 aromatic rings. The third-order valence-electron chi connectivity index (χ3n) is 3.38. The maximum atomic E-state index is 2.36. The zero-order chi connectivity index (χ0) is 8.86. The van der Waals surface area contributed by atoms with Gasteiger partial charge >= 0.3 is 0 Å². The molecule has 1 rings (SSSR count). The van der Waals surface area contributed by atoms with E-state index in [4.69, 9.17) is 0 Å². The first kappa shape index (κ1) is 10.0. The summed E-state index contributed by atoms with van der Waals surface area (Å²) in [7, 11) is 0. The first-order valence-electron chi connectivity index (χ1n) is 5.68. The van der Waals surface area contributed by atoms with Gasteiger partial charge in [0, 0.05) is 0 Å². The largest absolute Gasteiger partial charge is 0.324 e. The Balaban J connectivity index is 2.48. The summed E-state index contributed by atoms with van der Waals surface area (Å²) in [5.41, 5.74) is 0. The molecule has 0 aromatic heterocycles. The van der Waals surface area contributed by atoms with E-state index in [-0.39, 0.29) is 0 Å². The van der Waals surface area contributed by atoms with Crippen LogP contribution in [0.1, 0.15) is 46.0 Å². The van der Waals surface area contributed by atoms with Crippen LogP contribution in [0.3, 0.4) is 0 Å².